The number of piperazine rings is 1. The van der Waals surface area contributed by atoms with E-state index in [0.29, 0.717) is 43.4 Å². The predicted octanol–water partition coefficient (Wildman–Crippen LogP) is 2.99. The second-order valence-corrected chi connectivity index (χ2v) is 7.36. The molecular formula is C23H20N4O5. The highest BCUT2D eigenvalue weighted by atomic mass is 16.5. The fraction of sp³-hybridized carbons (Fsp3) is 0.217. The summed E-state index contributed by atoms with van der Waals surface area (Å²) >= 11 is 0. The van der Waals surface area contributed by atoms with Crippen LogP contribution in [0.4, 0.5) is 0 Å². The average molecular weight is 432 g/mol. The lowest BCUT2D eigenvalue weighted by Gasteiger charge is -2.33. The Hall–Kier alpha value is -4.14. The van der Waals surface area contributed by atoms with Crippen LogP contribution in [0, 0.1) is 0 Å². The van der Waals surface area contributed by atoms with Crippen molar-refractivity contribution in [2.75, 3.05) is 26.2 Å². The zero-order chi connectivity index (χ0) is 21.9. The Kier molecular flexibility index (Phi) is 5.29. The van der Waals surface area contributed by atoms with Crippen LogP contribution in [0.2, 0.25) is 0 Å². The van der Waals surface area contributed by atoms with Gasteiger partial charge in [-0.05, 0) is 24.3 Å². The molecule has 0 aliphatic carbocycles. The third-order valence-corrected chi connectivity index (χ3v) is 5.33. The second-order valence-electron chi connectivity index (χ2n) is 7.36. The molecule has 1 aromatic carbocycles. The van der Waals surface area contributed by atoms with Crippen LogP contribution in [0.15, 0.2) is 69.9 Å². The van der Waals surface area contributed by atoms with Gasteiger partial charge in [-0.25, -0.2) is 0 Å². The quantitative estimate of drug-likeness (QED) is 0.478. The Labute approximate surface area is 183 Å². The van der Waals surface area contributed by atoms with E-state index in [1.54, 1.807) is 34.2 Å². The van der Waals surface area contributed by atoms with Gasteiger partial charge in [0.2, 0.25) is 0 Å². The van der Waals surface area contributed by atoms with Gasteiger partial charge < -0.3 is 23.5 Å². The summed E-state index contributed by atoms with van der Waals surface area (Å²) < 4.78 is 16.3. The van der Waals surface area contributed by atoms with Crippen molar-refractivity contribution in [1.29, 1.82) is 0 Å². The maximum Gasteiger partial charge on any atom is 0.289 e. The summed E-state index contributed by atoms with van der Waals surface area (Å²) in [6, 6.07) is 14.4. The van der Waals surface area contributed by atoms with Gasteiger partial charge in [-0.3, -0.25) is 14.6 Å². The predicted molar refractivity (Wildman–Crippen MR) is 113 cm³/mol. The van der Waals surface area contributed by atoms with E-state index in [1.165, 1.54) is 6.26 Å². The fourth-order valence-electron chi connectivity index (χ4n) is 3.65. The molecule has 2 amide bonds. The number of ether oxygens (including phenoxy) is 1. The molecule has 162 valence electrons. The third-order valence-electron chi connectivity index (χ3n) is 5.33. The van der Waals surface area contributed by atoms with Crippen molar-refractivity contribution in [3.8, 4) is 5.75 Å². The summed E-state index contributed by atoms with van der Waals surface area (Å²) in [7, 11) is 0. The number of pyridine rings is 1. The highest BCUT2D eigenvalue weighted by Crippen LogP contribution is 2.24. The van der Waals surface area contributed by atoms with Crippen LogP contribution in [0.1, 0.15) is 26.8 Å². The Morgan fingerprint density at radius 2 is 1.75 bits per heavy atom. The summed E-state index contributed by atoms with van der Waals surface area (Å²) in [4.78, 5) is 32.8. The van der Waals surface area contributed by atoms with E-state index < -0.39 is 0 Å². The van der Waals surface area contributed by atoms with E-state index in [2.05, 4.69) is 10.1 Å². The van der Waals surface area contributed by atoms with Crippen molar-refractivity contribution < 1.29 is 23.3 Å². The molecule has 0 atom stereocenters. The van der Waals surface area contributed by atoms with Crippen molar-refractivity contribution in [1.82, 2.24) is 19.9 Å². The van der Waals surface area contributed by atoms with E-state index in [1.807, 2.05) is 30.3 Å². The van der Waals surface area contributed by atoms with Gasteiger partial charge in [0, 0.05) is 43.8 Å². The molecule has 32 heavy (non-hydrogen) atoms. The molecule has 0 saturated carbocycles. The Morgan fingerprint density at radius 1 is 0.969 bits per heavy atom. The van der Waals surface area contributed by atoms with Gasteiger partial charge in [0.1, 0.15) is 17.9 Å². The largest absolute Gasteiger partial charge is 0.483 e. The summed E-state index contributed by atoms with van der Waals surface area (Å²) in [5, 5.41) is 4.88. The van der Waals surface area contributed by atoms with Crippen LogP contribution in [-0.4, -0.2) is 57.9 Å². The minimum Gasteiger partial charge on any atom is -0.483 e. The number of aromatic nitrogens is 2. The van der Waals surface area contributed by atoms with Gasteiger partial charge in [-0.1, -0.05) is 23.4 Å². The molecular weight excluding hydrogens is 412 g/mol. The molecule has 1 aliphatic rings. The lowest BCUT2D eigenvalue weighted by molar-refractivity contribution is 0.0513. The van der Waals surface area contributed by atoms with Crippen molar-refractivity contribution in [2.45, 2.75) is 6.61 Å². The van der Waals surface area contributed by atoms with Crippen LogP contribution in [0.3, 0.4) is 0 Å². The monoisotopic (exact) mass is 432 g/mol. The average Bonchev–Trinajstić information content (AvgIpc) is 3.54. The molecule has 3 aromatic heterocycles. The van der Waals surface area contributed by atoms with Gasteiger partial charge in [0.25, 0.3) is 11.8 Å². The Morgan fingerprint density at radius 3 is 2.53 bits per heavy atom. The molecule has 0 spiro atoms. The van der Waals surface area contributed by atoms with E-state index in [-0.39, 0.29) is 24.1 Å². The lowest BCUT2D eigenvalue weighted by Crippen LogP contribution is -2.50. The lowest BCUT2D eigenvalue weighted by atomic mass is 10.2. The highest BCUT2D eigenvalue weighted by Gasteiger charge is 2.28. The SMILES string of the molecule is O=C(c1cc(COc2cccc3cccnc23)on1)N1CCN(C(=O)c2ccco2)CC1. The normalized spacial score (nSPS) is 14.0. The molecule has 0 unspecified atom stereocenters. The Balaban J connectivity index is 1.18. The highest BCUT2D eigenvalue weighted by molar-refractivity contribution is 5.93. The topological polar surface area (TPSA) is 102 Å². The van der Waals surface area contributed by atoms with Crippen LogP contribution in [0.25, 0.3) is 10.9 Å². The molecule has 0 N–H and O–H groups in total. The van der Waals surface area contributed by atoms with Crippen LogP contribution in [0.5, 0.6) is 5.75 Å². The first kappa shape index (κ1) is 19.8. The smallest absolute Gasteiger partial charge is 0.289 e. The summed E-state index contributed by atoms with van der Waals surface area (Å²) in [6.07, 6.45) is 3.18. The molecule has 1 saturated heterocycles. The number of hydrogen-bond acceptors (Lipinski definition) is 7. The van der Waals surface area contributed by atoms with Gasteiger partial charge in [0.15, 0.2) is 17.2 Å². The number of furan rings is 1. The number of benzene rings is 1. The minimum absolute atomic E-state index is 0.126. The zero-order valence-corrected chi connectivity index (χ0v) is 17.1. The first-order chi connectivity index (χ1) is 15.7. The molecule has 1 aliphatic heterocycles. The minimum atomic E-state index is -0.239. The zero-order valence-electron chi connectivity index (χ0n) is 17.1. The molecule has 4 aromatic rings. The Bertz CT molecular complexity index is 1240. The molecule has 1 fully saturated rings. The van der Waals surface area contributed by atoms with E-state index in [4.69, 9.17) is 13.7 Å². The summed E-state index contributed by atoms with van der Waals surface area (Å²) in [6.45, 7) is 1.79. The van der Waals surface area contributed by atoms with Crippen molar-refractivity contribution in [2.24, 2.45) is 0 Å². The molecule has 9 nitrogen and oxygen atoms in total. The fourth-order valence-corrected chi connectivity index (χ4v) is 3.65. The van der Waals surface area contributed by atoms with Gasteiger partial charge in [-0.15, -0.1) is 0 Å². The first-order valence-electron chi connectivity index (χ1n) is 10.2. The van der Waals surface area contributed by atoms with E-state index >= 15 is 0 Å². The number of amides is 2. The first-order valence-corrected chi connectivity index (χ1v) is 10.2. The standard InChI is InChI=1S/C23H20N4O5/c28-22(26-9-11-27(12-10-26)23(29)20-7-3-13-30-20)18-14-17(32-25-18)15-31-19-6-1-4-16-5-2-8-24-21(16)19/h1-8,13-14H,9-12,15H2. The van der Waals surface area contributed by atoms with Gasteiger partial charge in [0.05, 0.1) is 6.26 Å². The van der Waals surface area contributed by atoms with Gasteiger partial charge in [-0.2, -0.15) is 0 Å². The molecule has 9 heteroatoms. The van der Waals surface area contributed by atoms with E-state index in [9.17, 15) is 9.59 Å². The van der Waals surface area contributed by atoms with Crippen molar-refractivity contribution >= 4 is 22.7 Å². The number of carbonyl (C=O) groups excluding carboxylic acids is 2. The number of nitrogens with zero attached hydrogens (tertiary/aromatic N) is 4. The third kappa shape index (κ3) is 3.92. The van der Waals surface area contributed by atoms with Crippen LogP contribution < -0.4 is 4.74 Å². The number of fused-ring (bicyclic) bond motifs is 1. The molecule has 4 heterocycles. The number of rotatable bonds is 5. The number of hydrogen-bond donors (Lipinski definition) is 0. The maximum absolute atomic E-state index is 12.8. The molecule has 0 radical (unpaired) electrons. The van der Waals surface area contributed by atoms with Crippen molar-refractivity contribution in [3.63, 3.8) is 0 Å². The molecule has 5 rings (SSSR count). The second kappa shape index (κ2) is 8.54. The van der Waals surface area contributed by atoms with Gasteiger partial charge >= 0.3 is 0 Å². The summed E-state index contributed by atoms with van der Waals surface area (Å²) in [5.74, 6) is 0.952. The van der Waals surface area contributed by atoms with E-state index in [0.717, 1.165) is 10.9 Å². The van der Waals surface area contributed by atoms with Crippen molar-refractivity contribution in [3.05, 3.63) is 78.2 Å². The van der Waals surface area contributed by atoms with Crippen LogP contribution in [-0.2, 0) is 6.61 Å². The molecule has 0 bridgehead atoms. The number of para-hydroxylation sites is 1. The number of carbonyl (C=O) groups is 2. The summed E-state index contributed by atoms with van der Waals surface area (Å²) in [5.41, 5.74) is 0.971. The van der Waals surface area contributed by atoms with Crippen LogP contribution >= 0.6 is 0 Å². The maximum atomic E-state index is 12.8.